The highest BCUT2D eigenvalue weighted by atomic mass is 19.4. The van der Waals surface area contributed by atoms with E-state index in [1.807, 2.05) is 6.92 Å². The number of alkyl halides is 3. The number of hydrogen-bond donors (Lipinski definition) is 1. The number of piperidine rings is 1. The van der Waals surface area contributed by atoms with Crippen LogP contribution in [0.1, 0.15) is 49.7 Å². The molecule has 0 spiro atoms. The second-order valence-electron chi connectivity index (χ2n) is 11.3. The normalized spacial score (nSPS) is 14.6. The number of carboxylic acid groups (broad SMARTS) is 1. The van der Waals surface area contributed by atoms with Crippen LogP contribution >= 0.6 is 0 Å². The van der Waals surface area contributed by atoms with Crippen LogP contribution < -0.4 is 10.3 Å². The van der Waals surface area contributed by atoms with Crippen molar-refractivity contribution < 1.29 is 37.0 Å². The molecule has 0 radical (unpaired) electrons. The van der Waals surface area contributed by atoms with Crippen molar-refractivity contribution in [3.05, 3.63) is 93.9 Å². The quantitative estimate of drug-likeness (QED) is 0.225. The molecule has 0 aliphatic carbocycles. The van der Waals surface area contributed by atoms with Crippen LogP contribution in [0.25, 0.3) is 16.7 Å². The highest BCUT2D eigenvalue weighted by Gasteiger charge is 2.35. The monoisotopic (exact) mass is 655 g/mol. The van der Waals surface area contributed by atoms with Gasteiger partial charge in [0.15, 0.2) is 5.65 Å². The molecule has 0 bridgehead atoms. The van der Waals surface area contributed by atoms with Gasteiger partial charge in [0.05, 0.1) is 35.7 Å². The maximum atomic E-state index is 14.0. The molecule has 1 fully saturated rings. The summed E-state index contributed by atoms with van der Waals surface area (Å²) in [5.41, 5.74) is -1.37. The second kappa shape index (κ2) is 13.8. The number of carbonyl (C=O) groups is 2. The highest BCUT2D eigenvalue weighted by molar-refractivity contribution is 5.79. The molecule has 47 heavy (non-hydrogen) atoms. The Bertz CT molecular complexity index is 1820. The minimum Gasteiger partial charge on any atom is -0.494 e. The molecule has 2 aromatic heterocycles. The third-order valence-corrected chi connectivity index (χ3v) is 8.27. The van der Waals surface area contributed by atoms with Crippen molar-refractivity contribution in [2.24, 2.45) is 5.92 Å². The number of nitrogens with zero attached hydrogens (tertiary/aromatic N) is 5. The van der Waals surface area contributed by atoms with Crippen molar-refractivity contribution >= 4 is 23.0 Å². The summed E-state index contributed by atoms with van der Waals surface area (Å²) in [5.74, 6) is -1.43. The first kappa shape index (κ1) is 33.4. The number of hydrogen-bond acceptors (Lipinski definition) is 6. The van der Waals surface area contributed by atoms with E-state index < -0.39 is 47.6 Å². The van der Waals surface area contributed by atoms with Crippen LogP contribution in [0.4, 0.5) is 22.4 Å². The minimum atomic E-state index is -4.95. The van der Waals surface area contributed by atoms with Gasteiger partial charge in [0.25, 0.3) is 5.56 Å². The van der Waals surface area contributed by atoms with Gasteiger partial charge in [-0.05, 0) is 86.7 Å². The lowest BCUT2D eigenvalue weighted by molar-refractivity contribution is -0.140. The third-order valence-electron chi connectivity index (χ3n) is 8.27. The van der Waals surface area contributed by atoms with Crippen molar-refractivity contribution in [1.82, 2.24) is 24.3 Å². The standard InChI is InChI=1S/C33H33F4N5O5/c1-3-47-24-9-7-23(8-10-24)42-30(39-29-25(31(42)44)5-4-14-38-29)20(2)41(19-21-12-15-40(16-13-21)32(45)46)28(43)18-22-6-11-27(34)26(17-22)33(35,36)37/h4-11,14,17,20-21H,3,12-13,15-16,18-19H2,1-2H3,(H,45,46). The van der Waals surface area contributed by atoms with Gasteiger partial charge in [-0.1, -0.05) is 6.07 Å². The molecule has 10 nitrogen and oxygen atoms in total. The van der Waals surface area contributed by atoms with Gasteiger partial charge in [0.1, 0.15) is 17.4 Å². The van der Waals surface area contributed by atoms with E-state index >= 15 is 0 Å². The van der Waals surface area contributed by atoms with Crippen LogP contribution in [0.5, 0.6) is 5.75 Å². The van der Waals surface area contributed by atoms with Crippen molar-refractivity contribution in [2.75, 3.05) is 26.2 Å². The molecule has 1 atom stereocenters. The number of fused-ring (bicyclic) bond motifs is 1. The van der Waals surface area contributed by atoms with Gasteiger partial charge < -0.3 is 19.6 Å². The Kier molecular flexibility index (Phi) is 9.77. The SMILES string of the molecule is CCOc1ccc(-n2c(C(C)N(CC3CCN(C(=O)O)CC3)C(=O)Cc3ccc(F)c(C(F)(F)F)c3)nc3ncccc3c2=O)cc1. The van der Waals surface area contributed by atoms with E-state index in [0.717, 1.165) is 6.07 Å². The fourth-order valence-electron chi connectivity index (χ4n) is 5.80. The molecular weight excluding hydrogens is 622 g/mol. The first-order valence-corrected chi connectivity index (χ1v) is 15.1. The zero-order chi connectivity index (χ0) is 33.9. The molecule has 5 rings (SSSR count). The Morgan fingerprint density at radius 3 is 2.45 bits per heavy atom. The Labute approximate surface area is 267 Å². The summed E-state index contributed by atoms with van der Waals surface area (Å²) >= 11 is 0. The van der Waals surface area contributed by atoms with Crippen LogP contribution in [0.15, 0.2) is 65.6 Å². The summed E-state index contributed by atoms with van der Waals surface area (Å²) in [4.78, 5) is 51.2. The summed E-state index contributed by atoms with van der Waals surface area (Å²) in [6.07, 6.45) is -4.12. The number of pyridine rings is 1. The van der Waals surface area contributed by atoms with Gasteiger partial charge in [-0.2, -0.15) is 13.2 Å². The van der Waals surface area contributed by atoms with Crippen molar-refractivity contribution in [1.29, 1.82) is 0 Å². The Morgan fingerprint density at radius 2 is 1.81 bits per heavy atom. The number of amides is 2. The lowest BCUT2D eigenvalue weighted by Gasteiger charge is -2.36. The molecule has 0 saturated carbocycles. The maximum Gasteiger partial charge on any atom is 0.419 e. The van der Waals surface area contributed by atoms with Crippen molar-refractivity contribution in [3.8, 4) is 11.4 Å². The number of carbonyl (C=O) groups excluding carboxylic acids is 1. The number of benzene rings is 2. The molecule has 1 unspecified atom stereocenters. The molecular formula is C33H33F4N5O5. The Hall–Kier alpha value is -5.01. The summed E-state index contributed by atoms with van der Waals surface area (Å²) in [6.45, 7) is 4.55. The fraction of sp³-hybridized carbons (Fsp3) is 0.364. The predicted octanol–water partition coefficient (Wildman–Crippen LogP) is 5.86. The average Bonchev–Trinajstić information content (AvgIpc) is 3.04. The van der Waals surface area contributed by atoms with Crippen molar-refractivity contribution in [2.45, 2.75) is 45.3 Å². The first-order valence-electron chi connectivity index (χ1n) is 15.1. The molecule has 4 aromatic rings. The van der Waals surface area contributed by atoms with Crippen molar-refractivity contribution in [3.63, 3.8) is 0 Å². The van der Waals surface area contributed by atoms with E-state index in [0.29, 0.717) is 43.0 Å². The molecule has 2 amide bonds. The Morgan fingerprint density at radius 1 is 1.11 bits per heavy atom. The van der Waals surface area contributed by atoms with E-state index in [9.17, 15) is 37.1 Å². The van der Waals surface area contributed by atoms with Crippen LogP contribution in [0, 0.1) is 11.7 Å². The van der Waals surface area contributed by atoms with Gasteiger partial charge in [-0.15, -0.1) is 0 Å². The number of aromatic nitrogens is 3. The van der Waals surface area contributed by atoms with E-state index in [1.54, 1.807) is 43.3 Å². The largest absolute Gasteiger partial charge is 0.494 e. The highest BCUT2D eigenvalue weighted by Crippen LogP contribution is 2.33. The second-order valence-corrected chi connectivity index (χ2v) is 11.3. The lowest BCUT2D eigenvalue weighted by atomic mass is 9.95. The van der Waals surface area contributed by atoms with Gasteiger partial charge in [-0.3, -0.25) is 14.2 Å². The third kappa shape index (κ3) is 7.36. The molecule has 1 aliphatic heterocycles. The number of likely N-dealkylation sites (tertiary alicyclic amines) is 1. The van der Waals surface area contributed by atoms with Gasteiger partial charge >= 0.3 is 12.3 Å². The molecule has 1 aliphatic rings. The number of halogens is 4. The average molecular weight is 656 g/mol. The zero-order valence-corrected chi connectivity index (χ0v) is 25.7. The number of ether oxygens (including phenoxy) is 1. The molecule has 3 heterocycles. The summed E-state index contributed by atoms with van der Waals surface area (Å²) in [6, 6.07) is 11.5. The first-order chi connectivity index (χ1) is 22.4. The molecule has 248 valence electrons. The van der Waals surface area contributed by atoms with E-state index in [4.69, 9.17) is 9.72 Å². The van der Waals surface area contributed by atoms with Gasteiger partial charge in [0.2, 0.25) is 5.91 Å². The molecule has 2 aromatic carbocycles. The van der Waals surface area contributed by atoms with E-state index in [1.165, 1.54) is 20.6 Å². The molecule has 1 N–H and O–H groups in total. The fourth-order valence-corrected chi connectivity index (χ4v) is 5.80. The lowest BCUT2D eigenvalue weighted by Crippen LogP contribution is -2.44. The van der Waals surface area contributed by atoms with Crippen LogP contribution in [0.3, 0.4) is 0 Å². The zero-order valence-electron chi connectivity index (χ0n) is 25.7. The van der Waals surface area contributed by atoms with E-state index in [2.05, 4.69) is 4.98 Å². The summed E-state index contributed by atoms with van der Waals surface area (Å²) in [7, 11) is 0. The maximum absolute atomic E-state index is 14.0. The smallest absolute Gasteiger partial charge is 0.419 e. The van der Waals surface area contributed by atoms with Crippen LogP contribution in [0.2, 0.25) is 0 Å². The minimum absolute atomic E-state index is 0.0429. The summed E-state index contributed by atoms with van der Waals surface area (Å²) in [5, 5.41) is 9.63. The molecule has 14 heteroatoms. The Balaban J connectivity index is 1.57. The van der Waals surface area contributed by atoms with Gasteiger partial charge in [-0.25, -0.2) is 19.2 Å². The summed E-state index contributed by atoms with van der Waals surface area (Å²) < 4.78 is 61.4. The van der Waals surface area contributed by atoms with Crippen LogP contribution in [-0.4, -0.2) is 67.7 Å². The molecule has 1 saturated heterocycles. The van der Waals surface area contributed by atoms with E-state index in [-0.39, 0.29) is 48.0 Å². The van der Waals surface area contributed by atoms with Crippen LogP contribution in [-0.2, 0) is 17.4 Å². The van der Waals surface area contributed by atoms with Gasteiger partial charge in [0, 0.05) is 25.8 Å². The predicted molar refractivity (Wildman–Crippen MR) is 164 cm³/mol. The topological polar surface area (TPSA) is 118 Å². The number of rotatable bonds is 9.